The lowest BCUT2D eigenvalue weighted by Crippen LogP contribution is -2.30. The summed E-state index contributed by atoms with van der Waals surface area (Å²) in [4.78, 5) is 28.2. The van der Waals surface area contributed by atoms with Crippen molar-refractivity contribution in [2.75, 3.05) is 0 Å². The Morgan fingerprint density at radius 2 is 1.75 bits per heavy atom. The van der Waals surface area contributed by atoms with Crippen LogP contribution in [0.1, 0.15) is 28.5 Å². The van der Waals surface area contributed by atoms with Crippen LogP contribution in [0, 0.1) is 0 Å². The highest BCUT2D eigenvalue weighted by Gasteiger charge is 2.22. The molecular weight excluding hydrogens is 443 g/mol. The standard InChI is InChI=1S/C19H13Cl3N2O3S/c20-11-3-1-10(2-4-11)19-24-16(9-28-19)18(27)23-15(8-17(25)26)13-6-5-12(21)7-14(13)22/h1-7,9,15H,8H2,(H,23,27)(H,25,26)/t15-/m0/s1. The molecule has 144 valence electrons. The first-order valence-electron chi connectivity index (χ1n) is 8.02. The number of nitrogens with one attached hydrogen (secondary N) is 1. The van der Waals surface area contributed by atoms with Gasteiger partial charge in [0.1, 0.15) is 10.7 Å². The molecule has 9 heteroatoms. The summed E-state index contributed by atoms with van der Waals surface area (Å²) in [6.45, 7) is 0. The van der Waals surface area contributed by atoms with E-state index in [2.05, 4.69) is 10.3 Å². The van der Waals surface area contributed by atoms with Gasteiger partial charge in [0, 0.05) is 26.0 Å². The fraction of sp³-hybridized carbons (Fsp3) is 0.105. The number of halogens is 3. The number of hydrogen-bond acceptors (Lipinski definition) is 4. The van der Waals surface area contributed by atoms with Crippen molar-refractivity contribution in [1.82, 2.24) is 10.3 Å². The highest BCUT2D eigenvalue weighted by atomic mass is 35.5. The van der Waals surface area contributed by atoms with Gasteiger partial charge in [-0.05, 0) is 29.8 Å². The van der Waals surface area contributed by atoms with E-state index in [1.807, 2.05) is 12.1 Å². The number of aliphatic carboxylic acids is 1. The summed E-state index contributed by atoms with van der Waals surface area (Å²) in [5.74, 6) is -1.56. The monoisotopic (exact) mass is 454 g/mol. The van der Waals surface area contributed by atoms with Crippen LogP contribution in [0.25, 0.3) is 10.6 Å². The predicted molar refractivity (Wildman–Crippen MR) is 111 cm³/mol. The molecule has 0 aliphatic carbocycles. The normalized spacial score (nSPS) is 11.8. The summed E-state index contributed by atoms with van der Waals surface area (Å²) in [6.07, 6.45) is -0.332. The lowest BCUT2D eigenvalue weighted by Gasteiger charge is -2.18. The summed E-state index contributed by atoms with van der Waals surface area (Å²) >= 11 is 19.3. The van der Waals surface area contributed by atoms with E-state index >= 15 is 0 Å². The van der Waals surface area contributed by atoms with E-state index < -0.39 is 17.9 Å². The van der Waals surface area contributed by atoms with E-state index in [9.17, 15) is 14.7 Å². The van der Waals surface area contributed by atoms with Crippen molar-refractivity contribution >= 4 is 58.0 Å². The third-order valence-corrected chi connectivity index (χ3v) is 5.56. The van der Waals surface area contributed by atoms with Gasteiger partial charge in [-0.3, -0.25) is 9.59 Å². The van der Waals surface area contributed by atoms with Gasteiger partial charge in [0.2, 0.25) is 0 Å². The topological polar surface area (TPSA) is 79.3 Å². The Morgan fingerprint density at radius 3 is 2.39 bits per heavy atom. The lowest BCUT2D eigenvalue weighted by molar-refractivity contribution is -0.137. The fourth-order valence-electron chi connectivity index (χ4n) is 2.53. The van der Waals surface area contributed by atoms with Gasteiger partial charge in [-0.25, -0.2) is 4.98 Å². The van der Waals surface area contributed by atoms with Gasteiger partial charge in [0.15, 0.2) is 0 Å². The summed E-state index contributed by atoms with van der Waals surface area (Å²) in [7, 11) is 0. The van der Waals surface area contributed by atoms with E-state index in [1.165, 1.54) is 17.4 Å². The van der Waals surface area contributed by atoms with Crippen LogP contribution in [0.3, 0.4) is 0 Å². The molecule has 0 unspecified atom stereocenters. The van der Waals surface area contributed by atoms with Crippen LogP contribution in [0.5, 0.6) is 0 Å². The minimum Gasteiger partial charge on any atom is -0.481 e. The Bertz CT molecular complexity index is 1020. The number of aromatic nitrogens is 1. The quantitative estimate of drug-likeness (QED) is 0.498. The Balaban J connectivity index is 1.82. The van der Waals surface area contributed by atoms with Crippen LogP contribution in [0.15, 0.2) is 47.8 Å². The van der Waals surface area contributed by atoms with Crippen molar-refractivity contribution in [3.8, 4) is 10.6 Å². The molecule has 2 aromatic carbocycles. The van der Waals surface area contributed by atoms with Crippen LogP contribution in [-0.2, 0) is 4.79 Å². The van der Waals surface area contributed by atoms with Crippen LogP contribution in [0.2, 0.25) is 15.1 Å². The van der Waals surface area contributed by atoms with Gasteiger partial charge in [-0.1, -0.05) is 53.0 Å². The van der Waals surface area contributed by atoms with Crippen molar-refractivity contribution in [1.29, 1.82) is 0 Å². The molecule has 0 saturated heterocycles. The fourth-order valence-corrected chi connectivity index (χ4v) is 4.01. The zero-order valence-corrected chi connectivity index (χ0v) is 17.2. The second-order valence-corrected chi connectivity index (χ2v) is 7.97. The molecular formula is C19H13Cl3N2O3S. The molecule has 3 rings (SSSR count). The first-order valence-corrected chi connectivity index (χ1v) is 10.0. The Hall–Kier alpha value is -2.12. The first kappa shape index (κ1) is 20.6. The summed E-state index contributed by atoms with van der Waals surface area (Å²) in [6, 6.07) is 11.0. The second-order valence-electron chi connectivity index (χ2n) is 5.83. The molecule has 0 saturated carbocycles. The van der Waals surface area contributed by atoms with Crippen molar-refractivity contribution in [3.63, 3.8) is 0 Å². The molecule has 1 atom stereocenters. The maximum Gasteiger partial charge on any atom is 0.305 e. The Morgan fingerprint density at radius 1 is 1.07 bits per heavy atom. The number of thiazole rings is 1. The Kier molecular flexibility index (Phi) is 6.57. The Labute approximate surface area is 179 Å². The molecule has 28 heavy (non-hydrogen) atoms. The summed E-state index contributed by atoms with van der Waals surface area (Å²) in [5, 5.41) is 15.5. The molecule has 1 aromatic heterocycles. The number of carbonyl (C=O) groups excluding carboxylic acids is 1. The molecule has 0 aliphatic heterocycles. The van der Waals surface area contributed by atoms with E-state index in [-0.39, 0.29) is 17.1 Å². The van der Waals surface area contributed by atoms with E-state index in [0.717, 1.165) is 5.56 Å². The highest BCUT2D eigenvalue weighted by molar-refractivity contribution is 7.13. The number of carboxylic acids is 1. The maximum absolute atomic E-state index is 12.6. The molecule has 0 aliphatic rings. The number of carbonyl (C=O) groups is 2. The number of carboxylic acid groups (broad SMARTS) is 1. The number of amides is 1. The molecule has 1 amide bonds. The minimum absolute atomic E-state index is 0.190. The van der Waals surface area contributed by atoms with Crippen LogP contribution >= 0.6 is 46.1 Å². The SMILES string of the molecule is O=C(O)C[C@H](NC(=O)c1csc(-c2ccc(Cl)cc2)n1)c1ccc(Cl)cc1Cl. The van der Waals surface area contributed by atoms with E-state index in [1.54, 1.807) is 29.6 Å². The molecule has 3 aromatic rings. The van der Waals surface area contributed by atoms with Crippen molar-refractivity contribution in [2.45, 2.75) is 12.5 Å². The van der Waals surface area contributed by atoms with E-state index in [4.69, 9.17) is 34.8 Å². The molecule has 5 nitrogen and oxygen atoms in total. The molecule has 0 bridgehead atoms. The van der Waals surface area contributed by atoms with Crippen LogP contribution in [0.4, 0.5) is 0 Å². The molecule has 0 radical (unpaired) electrons. The molecule has 0 spiro atoms. The van der Waals surface area contributed by atoms with Crippen LogP contribution in [-0.4, -0.2) is 22.0 Å². The molecule has 2 N–H and O–H groups in total. The summed E-state index contributed by atoms with van der Waals surface area (Å²) < 4.78 is 0. The lowest BCUT2D eigenvalue weighted by atomic mass is 10.0. The van der Waals surface area contributed by atoms with E-state index in [0.29, 0.717) is 20.6 Å². The van der Waals surface area contributed by atoms with Gasteiger partial charge >= 0.3 is 5.97 Å². The zero-order valence-electron chi connectivity index (χ0n) is 14.2. The average Bonchev–Trinajstić information content (AvgIpc) is 3.11. The number of nitrogens with zero attached hydrogens (tertiary/aromatic N) is 1. The zero-order chi connectivity index (χ0) is 20.3. The second kappa shape index (κ2) is 8.92. The third-order valence-electron chi connectivity index (χ3n) is 3.85. The first-order chi connectivity index (χ1) is 13.3. The highest BCUT2D eigenvalue weighted by Crippen LogP contribution is 2.29. The number of benzene rings is 2. The smallest absolute Gasteiger partial charge is 0.305 e. The predicted octanol–water partition coefficient (Wildman–Crippen LogP) is 5.72. The largest absolute Gasteiger partial charge is 0.481 e. The van der Waals surface area contributed by atoms with Crippen LogP contribution < -0.4 is 5.32 Å². The van der Waals surface area contributed by atoms with Crippen molar-refractivity contribution in [2.24, 2.45) is 0 Å². The van der Waals surface area contributed by atoms with Gasteiger partial charge in [0.25, 0.3) is 5.91 Å². The minimum atomic E-state index is -1.07. The maximum atomic E-state index is 12.6. The van der Waals surface area contributed by atoms with Crippen molar-refractivity contribution in [3.05, 3.63) is 74.2 Å². The van der Waals surface area contributed by atoms with Gasteiger partial charge in [-0.2, -0.15) is 0 Å². The number of hydrogen-bond donors (Lipinski definition) is 2. The van der Waals surface area contributed by atoms with Gasteiger partial charge in [-0.15, -0.1) is 11.3 Å². The third kappa shape index (κ3) is 5.02. The molecule has 0 fully saturated rings. The average molecular weight is 456 g/mol. The van der Waals surface area contributed by atoms with Gasteiger partial charge in [0.05, 0.1) is 12.5 Å². The van der Waals surface area contributed by atoms with Crippen molar-refractivity contribution < 1.29 is 14.7 Å². The molecule has 1 heterocycles. The van der Waals surface area contributed by atoms with Gasteiger partial charge < -0.3 is 10.4 Å². The number of rotatable bonds is 6. The summed E-state index contributed by atoms with van der Waals surface area (Å²) in [5.41, 5.74) is 1.49.